The van der Waals surface area contributed by atoms with Gasteiger partial charge in [-0.2, -0.15) is 0 Å². The number of H-pyrrole nitrogens is 1. The molecule has 4 aliphatic rings. The summed E-state index contributed by atoms with van der Waals surface area (Å²) in [5.41, 5.74) is 4.64. The fourth-order valence-corrected chi connectivity index (χ4v) is 9.20. The van der Waals surface area contributed by atoms with E-state index in [0.717, 1.165) is 29.2 Å². The number of fused-ring (bicyclic) bond motifs is 6. The molecule has 2 heterocycles. The molecule has 2 N–H and O–H groups in total. The summed E-state index contributed by atoms with van der Waals surface area (Å²) in [4.78, 5) is 36.6. The van der Waals surface area contributed by atoms with E-state index in [0.29, 0.717) is 41.7 Å². The Labute approximate surface area is 224 Å². The Kier molecular flexibility index (Phi) is 5.98. The average Bonchev–Trinajstić information content (AvgIpc) is 3.43. The predicted molar refractivity (Wildman–Crippen MR) is 146 cm³/mol. The van der Waals surface area contributed by atoms with Gasteiger partial charge in [-0.25, -0.2) is 4.98 Å². The maximum Gasteiger partial charge on any atom is 0.239 e. The van der Waals surface area contributed by atoms with Crippen LogP contribution in [0.2, 0.25) is 5.02 Å². The number of aromatic amines is 1. The summed E-state index contributed by atoms with van der Waals surface area (Å²) >= 11 is 6.09. The summed E-state index contributed by atoms with van der Waals surface area (Å²) in [6.07, 6.45) is 8.81. The van der Waals surface area contributed by atoms with Crippen molar-refractivity contribution in [2.75, 3.05) is 13.6 Å². The lowest BCUT2D eigenvalue weighted by molar-refractivity contribution is -0.149. The van der Waals surface area contributed by atoms with Crippen LogP contribution in [-0.2, 0) is 16.0 Å². The zero-order valence-electron chi connectivity index (χ0n) is 22.5. The molecule has 0 spiro atoms. The lowest BCUT2D eigenvalue weighted by Gasteiger charge is -2.59. The molecule has 2 saturated carbocycles. The maximum absolute atomic E-state index is 13.5. The van der Waals surface area contributed by atoms with Crippen molar-refractivity contribution >= 4 is 34.4 Å². The van der Waals surface area contributed by atoms with Gasteiger partial charge in [-0.15, -0.1) is 0 Å². The highest BCUT2D eigenvalue weighted by molar-refractivity contribution is 6.31. The van der Waals surface area contributed by atoms with Gasteiger partial charge >= 0.3 is 0 Å². The quantitative estimate of drug-likeness (QED) is 0.493. The standard InChI is InChI=1S/C30H39ClN4O2/c1-17-14-19-21-6-5-11-29(21,2)12-9-22(19)30(3)16-20(28(37)35(4)26(17)30)27(36)32-13-10-25-33-23-8-7-18(31)15-24(23)34-25/h7-8,15,19-22H,5-6,9-14,16H2,1-4H3,(H,32,36)(H,33,34)/t19-,20?,21-,22+,29-,30+/m0/s1. The van der Waals surface area contributed by atoms with Crippen LogP contribution in [0.5, 0.6) is 0 Å². The number of rotatable bonds is 4. The molecule has 1 aromatic heterocycles. The molecule has 6 nitrogen and oxygen atoms in total. The van der Waals surface area contributed by atoms with Crippen LogP contribution < -0.4 is 5.32 Å². The number of carbonyl (C=O) groups is 2. The topological polar surface area (TPSA) is 78.1 Å². The van der Waals surface area contributed by atoms with E-state index in [-0.39, 0.29) is 17.2 Å². The number of hydrogen-bond acceptors (Lipinski definition) is 3. The molecule has 37 heavy (non-hydrogen) atoms. The van der Waals surface area contributed by atoms with E-state index in [2.05, 4.69) is 36.1 Å². The molecule has 1 saturated heterocycles. The second-order valence-electron chi connectivity index (χ2n) is 12.8. The molecule has 6 rings (SSSR count). The van der Waals surface area contributed by atoms with Gasteiger partial charge in [0.05, 0.1) is 11.0 Å². The van der Waals surface area contributed by atoms with Crippen molar-refractivity contribution in [3.8, 4) is 0 Å². The highest BCUT2D eigenvalue weighted by Gasteiger charge is 2.60. The molecule has 0 radical (unpaired) electrons. The third-order valence-electron chi connectivity index (χ3n) is 10.6. The van der Waals surface area contributed by atoms with E-state index >= 15 is 0 Å². The van der Waals surface area contributed by atoms with E-state index in [1.807, 2.05) is 30.1 Å². The third kappa shape index (κ3) is 3.93. The van der Waals surface area contributed by atoms with Crippen LogP contribution in [0, 0.1) is 34.5 Å². The molecule has 6 atom stereocenters. The fraction of sp³-hybridized carbons (Fsp3) is 0.633. The first-order valence-corrected chi connectivity index (χ1v) is 14.4. The van der Waals surface area contributed by atoms with Crippen LogP contribution in [0.15, 0.2) is 29.5 Å². The highest BCUT2D eigenvalue weighted by Crippen LogP contribution is 2.65. The van der Waals surface area contributed by atoms with Crippen molar-refractivity contribution in [1.29, 1.82) is 0 Å². The van der Waals surface area contributed by atoms with Crippen LogP contribution in [-0.4, -0.2) is 40.3 Å². The van der Waals surface area contributed by atoms with Gasteiger partial charge in [-0.3, -0.25) is 9.59 Å². The molecule has 2 amide bonds. The molecular formula is C30H39ClN4O2. The van der Waals surface area contributed by atoms with Gasteiger partial charge in [0.25, 0.3) is 0 Å². The zero-order valence-corrected chi connectivity index (χ0v) is 23.3. The Morgan fingerprint density at radius 3 is 2.86 bits per heavy atom. The van der Waals surface area contributed by atoms with Crippen molar-refractivity contribution in [2.45, 2.75) is 72.1 Å². The Bertz CT molecular complexity index is 1300. The number of nitrogens with zero attached hydrogens (tertiary/aromatic N) is 2. The largest absolute Gasteiger partial charge is 0.355 e. The van der Waals surface area contributed by atoms with E-state index < -0.39 is 5.92 Å². The number of halogens is 1. The number of hydrogen-bond donors (Lipinski definition) is 2. The third-order valence-corrected chi connectivity index (χ3v) is 10.8. The number of imidazole rings is 1. The van der Waals surface area contributed by atoms with Crippen LogP contribution in [0.4, 0.5) is 0 Å². The second kappa shape index (κ2) is 8.86. The number of aromatic nitrogens is 2. The molecule has 1 aliphatic heterocycles. The lowest BCUT2D eigenvalue weighted by atomic mass is 9.48. The minimum atomic E-state index is -0.642. The van der Waals surface area contributed by atoms with Crippen molar-refractivity contribution in [2.24, 2.45) is 34.5 Å². The Morgan fingerprint density at radius 1 is 1.24 bits per heavy atom. The van der Waals surface area contributed by atoms with E-state index in [4.69, 9.17) is 11.6 Å². The first kappa shape index (κ1) is 25.0. The molecule has 1 aromatic carbocycles. The minimum Gasteiger partial charge on any atom is -0.355 e. The summed E-state index contributed by atoms with van der Waals surface area (Å²) in [6.45, 7) is 7.53. The predicted octanol–water partition coefficient (Wildman–Crippen LogP) is 5.87. The zero-order chi connectivity index (χ0) is 26.1. The van der Waals surface area contributed by atoms with Gasteiger partial charge in [0.1, 0.15) is 11.7 Å². The van der Waals surface area contributed by atoms with Crippen molar-refractivity contribution in [1.82, 2.24) is 20.2 Å². The number of allylic oxidation sites excluding steroid dienone is 2. The Morgan fingerprint density at radius 2 is 2.05 bits per heavy atom. The molecule has 2 aromatic rings. The smallest absolute Gasteiger partial charge is 0.239 e. The maximum atomic E-state index is 13.5. The van der Waals surface area contributed by atoms with Crippen molar-refractivity contribution in [3.05, 3.63) is 40.3 Å². The summed E-state index contributed by atoms with van der Waals surface area (Å²) in [6, 6.07) is 5.56. The summed E-state index contributed by atoms with van der Waals surface area (Å²) in [7, 11) is 1.89. The Balaban J connectivity index is 1.19. The number of amides is 2. The van der Waals surface area contributed by atoms with Gasteiger partial charge in [-0.1, -0.05) is 37.4 Å². The van der Waals surface area contributed by atoms with Gasteiger partial charge < -0.3 is 15.2 Å². The summed E-state index contributed by atoms with van der Waals surface area (Å²) in [5, 5.41) is 3.72. The lowest BCUT2D eigenvalue weighted by Crippen LogP contribution is -2.58. The van der Waals surface area contributed by atoms with Crippen LogP contribution in [0.25, 0.3) is 11.0 Å². The second-order valence-corrected chi connectivity index (χ2v) is 13.2. The molecule has 7 heteroatoms. The first-order valence-electron chi connectivity index (χ1n) is 14.0. The summed E-state index contributed by atoms with van der Waals surface area (Å²) < 4.78 is 0. The first-order chi connectivity index (χ1) is 17.6. The normalized spacial score (nSPS) is 35.4. The van der Waals surface area contributed by atoms with Crippen LogP contribution >= 0.6 is 11.6 Å². The molecule has 1 unspecified atom stereocenters. The van der Waals surface area contributed by atoms with E-state index in [1.54, 1.807) is 0 Å². The molecule has 3 fully saturated rings. The molecule has 0 bridgehead atoms. The van der Waals surface area contributed by atoms with Gasteiger partial charge in [-0.05, 0) is 86.8 Å². The fourth-order valence-electron chi connectivity index (χ4n) is 9.03. The number of benzene rings is 1. The van der Waals surface area contributed by atoms with Crippen LogP contribution in [0.3, 0.4) is 0 Å². The monoisotopic (exact) mass is 522 g/mol. The molecule has 198 valence electrons. The minimum absolute atomic E-state index is 0.0670. The van der Waals surface area contributed by atoms with Gasteiger partial charge in [0.15, 0.2) is 0 Å². The summed E-state index contributed by atoms with van der Waals surface area (Å²) in [5.74, 6) is 1.91. The van der Waals surface area contributed by atoms with E-state index in [9.17, 15) is 9.59 Å². The molecular weight excluding hydrogens is 484 g/mol. The number of nitrogens with one attached hydrogen (secondary N) is 2. The average molecular weight is 523 g/mol. The molecule has 3 aliphatic carbocycles. The highest BCUT2D eigenvalue weighted by atomic mass is 35.5. The van der Waals surface area contributed by atoms with Gasteiger partial charge in [0.2, 0.25) is 11.8 Å². The van der Waals surface area contributed by atoms with Crippen molar-refractivity contribution < 1.29 is 9.59 Å². The van der Waals surface area contributed by atoms with Crippen LogP contribution in [0.1, 0.15) is 71.5 Å². The van der Waals surface area contributed by atoms with Crippen molar-refractivity contribution in [3.63, 3.8) is 0 Å². The number of likely N-dealkylation sites (tertiary alicyclic amines) is 1. The number of piperidine rings is 1. The Hall–Kier alpha value is -2.34. The SMILES string of the molecule is CC1=C2N(C)C(=O)C(C(=O)NCCc3nc4ccc(Cl)cc4[nH]3)C[C@]2(C)[C@@H]2CC[C@]3(C)CCC[C@H]3[C@@H]2C1. The van der Waals surface area contributed by atoms with E-state index in [1.165, 1.54) is 43.4 Å². The number of carbonyl (C=O) groups excluding carboxylic acids is 2. The van der Waals surface area contributed by atoms with Gasteiger partial charge in [0, 0.05) is 36.1 Å².